The first kappa shape index (κ1) is 12.3. The highest BCUT2D eigenvalue weighted by atomic mass is 16.2. The molecule has 0 aliphatic rings. The molecule has 3 N–H and O–H groups in total. The van der Waals surface area contributed by atoms with Gasteiger partial charge >= 0.3 is 5.69 Å². The monoisotopic (exact) mass is 275 g/mol. The minimum Gasteiger partial charge on any atom is -0.308 e. The quantitative estimate of drug-likeness (QED) is 0.445. The molecule has 104 valence electrons. The summed E-state index contributed by atoms with van der Waals surface area (Å²) in [4.78, 5) is 20.4. The number of hydrogen-bond acceptors (Lipinski definition) is 7. The second-order valence-electron chi connectivity index (χ2n) is 4.32. The molecule has 0 aromatic carbocycles. The fourth-order valence-electron chi connectivity index (χ4n) is 1.91. The largest absolute Gasteiger partial charge is 0.345 e. The second-order valence-corrected chi connectivity index (χ2v) is 4.32. The van der Waals surface area contributed by atoms with Crippen molar-refractivity contribution < 1.29 is 0 Å². The number of nitrogen functional groups attached to an aromatic ring is 1. The van der Waals surface area contributed by atoms with Gasteiger partial charge in [0.2, 0.25) is 0 Å². The number of nitrogens with one attached hydrogen (secondary N) is 1. The fraction of sp³-hybridized carbons (Fsp3) is 0.300. The molecule has 0 spiro atoms. The van der Waals surface area contributed by atoms with E-state index < -0.39 is 0 Å². The first-order valence-corrected chi connectivity index (χ1v) is 5.84. The van der Waals surface area contributed by atoms with Gasteiger partial charge in [-0.1, -0.05) is 0 Å². The number of rotatable bonds is 3. The Bertz CT molecular complexity index is 827. The lowest BCUT2D eigenvalue weighted by Crippen LogP contribution is -2.24. The van der Waals surface area contributed by atoms with E-state index >= 15 is 0 Å². The van der Waals surface area contributed by atoms with Crippen LogP contribution in [0.3, 0.4) is 0 Å². The van der Waals surface area contributed by atoms with Crippen LogP contribution in [0.25, 0.3) is 11.0 Å². The molecule has 0 aliphatic heterocycles. The molecule has 0 saturated carbocycles. The summed E-state index contributed by atoms with van der Waals surface area (Å²) in [6.45, 7) is 0.162. The maximum absolute atomic E-state index is 11.8. The number of hydrazine groups is 1. The molecular formula is C10H13N9O. The van der Waals surface area contributed by atoms with E-state index in [0.717, 1.165) is 0 Å². The minimum atomic E-state index is -0.235. The molecule has 3 aromatic rings. The van der Waals surface area contributed by atoms with E-state index in [1.54, 1.807) is 25.0 Å². The molecule has 3 heterocycles. The Labute approximate surface area is 112 Å². The number of fused-ring (bicyclic) bond motifs is 1. The van der Waals surface area contributed by atoms with E-state index in [0.29, 0.717) is 22.7 Å². The van der Waals surface area contributed by atoms with Crippen LogP contribution in [0.4, 0.5) is 5.82 Å². The Morgan fingerprint density at radius 2 is 2.10 bits per heavy atom. The molecule has 0 aliphatic carbocycles. The van der Waals surface area contributed by atoms with Gasteiger partial charge in [-0.3, -0.25) is 9.25 Å². The first-order chi connectivity index (χ1) is 9.60. The van der Waals surface area contributed by atoms with Crippen LogP contribution in [0.15, 0.2) is 17.3 Å². The molecule has 0 amide bonds. The highest BCUT2D eigenvalue weighted by molar-refractivity contribution is 5.86. The summed E-state index contributed by atoms with van der Waals surface area (Å²) in [6, 6.07) is 0. The Kier molecular flexibility index (Phi) is 2.71. The zero-order chi connectivity index (χ0) is 14.3. The zero-order valence-electron chi connectivity index (χ0n) is 11.0. The molecule has 0 atom stereocenters. The van der Waals surface area contributed by atoms with Gasteiger partial charge < -0.3 is 5.43 Å². The van der Waals surface area contributed by atoms with Crippen LogP contribution in [-0.4, -0.2) is 34.1 Å². The molecule has 10 heteroatoms. The molecule has 3 aromatic heterocycles. The third-order valence-corrected chi connectivity index (χ3v) is 2.95. The zero-order valence-corrected chi connectivity index (χ0v) is 11.0. The van der Waals surface area contributed by atoms with Gasteiger partial charge in [0.1, 0.15) is 12.9 Å². The lowest BCUT2D eigenvalue weighted by atomic mass is 10.4. The van der Waals surface area contributed by atoms with Crippen LogP contribution in [0.5, 0.6) is 0 Å². The minimum absolute atomic E-state index is 0.162. The number of anilines is 1. The van der Waals surface area contributed by atoms with Crippen molar-refractivity contribution in [3.63, 3.8) is 0 Å². The summed E-state index contributed by atoms with van der Waals surface area (Å²) in [7, 11) is 3.40. The molecule has 0 fully saturated rings. The summed E-state index contributed by atoms with van der Waals surface area (Å²) in [5.41, 5.74) is 2.91. The van der Waals surface area contributed by atoms with Crippen LogP contribution in [0.1, 0.15) is 5.82 Å². The van der Waals surface area contributed by atoms with E-state index in [9.17, 15) is 4.79 Å². The highest BCUT2D eigenvalue weighted by Gasteiger charge is 2.12. The molecule has 20 heavy (non-hydrogen) atoms. The Hall–Kier alpha value is -2.75. The Morgan fingerprint density at radius 1 is 1.30 bits per heavy atom. The van der Waals surface area contributed by atoms with Crippen LogP contribution in [0, 0.1) is 0 Å². The molecule has 0 saturated heterocycles. The van der Waals surface area contributed by atoms with Crippen molar-refractivity contribution in [2.24, 2.45) is 19.9 Å². The van der Waals surface area contributed by atoms with Gasteiger partial charge in [-0.05, 0) is 0 Å². The summed E-state index contributed by atoms with van der Waals surface area (Å²) in [5.74, 6) is 6.34. The number of nitrogens with two attached hydrogens (primary N) is 1. The first-order valence-electron chi connectivity index (χ1n) is 5.84. The molecule has 0 bridgehead atoms. The van der Waals surface area contributed by atoms with Crippen molar-refractivity contribution >= 4 is 16.9 Å². The van der Waals surface area contributed by atoms with E-state index in [1.165, 1.54) is 15.6 Å². The van der Waals surface area contributed by atoms with E-state index in [4.69, 9.17) is 5.84 Å². The van der Waals surface area contributed by atoms with E-state index in [2.05, 4.69) is 25.6 Å². The maximum Gasteiger partial charge on any atom is 0.345 e. The van der Waals surface area contributed by atoms with Gasteiger partial charge in [0.05, 0.1) is 11.6 Å². The summed E-state index contributed by atoms with van der Waals surface area (Å²) in [5, 5.41) is 8.79. The van der Waals surface area contributed by atoms with Crippen LogP contribution in [0.2, 0.25) is 0 Å². The standard InChI is InChI=1S/C10H13N9O/c1-17-5-13-19(10(17)20)4-7-14-8(16-11)6-3-12-18(2)9(6)15-7/h3,5H,4,11H2,1-2H3,(H,14,15,16). The van der Waals surface area contributed by atoms with Crippen molar-refractivity contribution in [1.29, 1.82) is 0 Å². The lowest BCUT2D eigenvalue weighted by molar-refractivity contribution is 0.622. The maximum atomic E-state index is 11.8. The van der Waals surface area contributed by atoms with Crippen molar-refractivity contribution in [2.45, 2.75) is 6.54 Å². The van der Waals surface area contributed by atoms with Gasteiger partial charge in [0.25, 0.3) is 0 Å². The van der Waals surface area contributed by atoms with Gasteiger partial charge in [-0.2, -0.15) is 10.2 Å². The molecule has 10 nitrogen and oxygen atoms in total. The number of aryl methyl sites for hydroxylation is 2. The normalized spacial score (nSPS) is 11.2. The van der Waals surface area contributed by atoms with Crippen LogP contribution in [-0.2, 0) is 20.6 Å². The van der Waals surface area contributed by atoms with Crippen LogP contribution < -0.4 is 17.0 Å². The molecular weight excluding hydrogens is 262 g/mol. The molecule has 0 unspecified atom stereocenters. The Morgan fingerprint density at radius 3 is 2.75 bits per heavy atom. The number of hydrogen-bond donors (Lipinski definition) is 2. The Balaban J connectivity index is 2.10. The second kappa shape index (κ2) is 4.42. The van der Waals surface area contributed by atoms with Crippen LogP contribution >= 0.6 is 0 Å². The van der Waals surface area contributed by atoms with E-state index in [1.807, 2.05) is 0 Å². The molecule has 3 rings (SSSR count). The highest BCUT2D eigenvalue weighted by Crippen LogP contribution is 2.18. The van der Waals surface area contributed by atoms with Crippen molar-refractivity contribution in [3.8, 4) is 0 Å². The predicted molar refractivity (Wildman–Crippen MR) is 70.7 cm³/mol. The number of aromatic nitrogens is 7. The third-order valence-electron chi connectivity index (χ3n) is 2.95. The SMILES string of the molecule is Cn1cnn(Cc2nc(NN)c3cnn(C)c3n2)c1=O. The third kappa shape index (κ3) is 1.82. The fourth-order valence-corrected chi connectivity index (χ4v) is 1.91. The smallest absolute Gasteiger partial charge is 0.308 e. The van der Waals surface area contributed by atoms with Gasteiger partial charge in [-0.15, -0.1) is 0 Å². The topological polar surface area (TPSA) is 121 Å². The van der Waals surface area contributed by atoms with Crippen molar-refractivity contribution in [3.05, 3.63) is 28.8 Å². The predicted octanol–water partition coefficient (Wildman–Crippen LogP) is -1.41. The average molecular weight is 275 g/mol. The van der Waals surface area contributed by atoms with Crippen molar-refractivity contribution in [1.82, 2.24) is 34.1 Å². The summed E-state index contributed by atoms with van der Waals surface area (Å²) < 4.78 is 4.27. The summed E-state index contributed by atoms with van der Waals surface area (Å²) in [6.07, 6.45) is 3.06. The molecule has 0 radical (unpaired) electrons. The van der Waals surface area contributed by atoms with E-state index in [-0.39, 0.29) is 12.2 Å². The van der Waals surface area contributed by atoms with Gasteiger partial charge in [0, 0.05) is 14.1 Å². The lowest BCUT2D eigenvalue weighted by Gasteiger charge is -2.05. The number of nitrogens with zero attached hydrogens (tertiary/aromatic N) is 7. The van der Waals surface area contributed by atoms with Crippen molar-refractivity contribution in [2.75, 3.05) is 5.43 Å². The van der Waals surface area contributed by atoms with Gasteiger partial charge in [0.15, 0.2) is 17.3 Å². The summed E-state index contributed by atoms with van der Waals surface area (Å²) >= 11 is 0. The average Bonchev–Trinajstić information content (AvgIpc) is 2.96. The van der Waals surface area contributed by atoms with Gasteiger partial charge in [-0.25, -0.2) is 25.3 Å².